The van der Waals surface area contributed by atoms with Gasteiger partial charge in [-0.25, -0.2) is 0 Å². The van der Waals surface area contributed by atoms with Crippen molar-refractivity contribution in [3.05, 3.63) is 0 Å². The number of ether oxygens (including phenoxy) is 1. The summed E-state index contributed by atoms with van der Waals surface area (Å²) in [6.45, 7) is 1.97. The molecule has 2 nitrogen and oxygen atoms in total. The van der Waals surface area contributed by atoms with Gasteiger partial charge in [-0.05, 0) is 37.5 Å². The fourth-order valence-electron chi connectivity index (χ4n) is 2.08. The van der Waals surface area contributed by atoms with Gasteiger partial charge in [0.15, 0.2) is 0 Å². The van der Waals surface area contributed by atoms with Crippen LogP contribution in [0.5, 0.6) is 0 Å². The minimum absolute atomic E-state index is 0.510. The number of nitrogens with two attached hydrogens (primary N) is 1. The summed E-state index contributed by atoms with van der Waals surface area (Å²) in [4.78, 5) is 0. The zero-order valence-corrected chi connectivity index (χ0v) is 6.96. The lowest BCUT2D eigenvalue weighted by Gasteiger charge is -2.35. The third-order valence-corrected chi connectivity index (χ3v) is 3.14. The number of hydrogen-bond donors (Lipinski definition) is 1. The molecule has 3 atom stereocenters. The van der Waals surface area contributed by atoms with Crippen molar-refractivity contribution in [3.8, 4) is 0 Å². The predicted octanol–water partition coefficient (Wildman–Crippen LogP) is 1.15. The van der Waals surface area contributed by atoms with Gasteiger partial charge in [-0.2, -0.15) is 0 Å². The van der Waals surface area contributed by atoms with Gasteiger partial charge >= 0.3 is 0 Å². The lowest BCUT2D eigenvalue weighted by molar-refractivity contribution is 0.161. The van der Waals surface area contributed by atoms with Crippen molar-refractivity contribution in [3.63, 3.8) is 0 Å². The third-order valence-electron chi connectivity index (χ3n) is 3.14. The number of hydrogen-bond acceptors (Lipinski definition) is 2. The lowest BCUT2D eigenvalue weighted by atomic mass is 9.75. The summed E-state index contributed by atoms with van der Waals surface area (Å²) in [5, 5.41) is 0. The zero-order chi connectivity index (χ0) is 7.68. The first-order chi connectivity index (χ1) is 5.36. The van der Waals surface area contributed by atoms with E-state index in [0.717, 1.165) is 25.0 Å². The fraction of sp³-hybridized carbons (Fsp3) is 1.00. The maximum atomic E-state index is 5.86. The monoisotopic (exact) mass is 155 g/mol. The van der Waals surface area contributed by atoms with Crippen LogP contribution in [-0.4, -0.2) is 19.3 Å². The first-order valence-corrected chi connectivity index (χ1v) is 4.69. The third kappa shape index (κ3) is 1.57. The van der Waals surface area contributed by atoms with Crippen molar-refractivity contribution in [2.24, 2.45) is 17.6 Å². The molecule has 1 aliphatic heterocycles. The van der Waals surface area contributed by atoms with Crippen LogP contribution in [0.15, 0.2) is 0 Å². The summed E-state index contributed by atoms with van der Waals surface area (Å²) in [7, 11) is 0. The molecule has 0 aromatic rings. The maximum absolute atomic E-state index is 5.86. The van der Waals surface area contributed by atoms with Crippen LogP contribution in [-0.2, 0) is 4.74 Å². The lowest BCUT2D eigenvalue weighted by Crippen LogP contribution is -2.40. The van der Waals surface area contributed by atoms with Gasteiger partial charge < -0.3 is 10.5 Å². The van der Waals surface area contributed by atoms with E-state index in [9.17, 15) is 0 Å². The summed E-state index contributed by atoms with van der Waals surface area (Å²) in [5.74, 6) is 1.65. The van der Waals surface area contributed by atoms with E-state index in [0.29, 0.717) is 6.04 Å². The van der Waals surface area contributed by atoms with E-state index < -0.39 is 0 Å². The normalized spacial score (nSPS) is 43.9. The van der Waals surface area contributed by atoms with E-state index in [2.05, 4.69) is 0 Å². The zero-order valence-electron chi connectivity index (χ0n) is 6.96. The summed E-state index contributed by atoms with van der Waals surface area (Å²) in [5.41, 5.74) is 5.86. The molecule has 0 radical (unpaired) electrons. The largest absolute Gasteiger partial charge is 0.381 e. The van der Waals surface area contributed by atoms with Crippen LogP contribution in [0.4, 0.5) is 0 Å². The molecule has 1 saturated heterocycles. The van der Waals surface area contributed by atoms with Gasteiger partial charge in [-0.15, -0.1) is 0 Å². The first-order valence-electron chi connectivity index (χ1n) is 4.69. The SMILES string of the molecule is NC1CCC1CC1CCOC1. The van der Waals surface area contributed by atoms with Crippen LogP contribution < -0.4 is 5.73 Å². The minimum atomic E-state index is 0.510. The van der Waals surface area contributed by atoms with Crippen LogP contribution >= 0.6 is 0 Å². The molecular formula is C9H17NO. The summed E-state index contributed by atoms with van der Waals surface area (Å²) in [6, 6.07) is 0.510. The highest BCUT2D eigenvalue weighted by Gasteiger charge is 2.30. The molecule has 0 bridgehead atoms. The van der Waals surface area contributed by atoms with Crippen LogP contribution in [0.3, 0.4) is 0 Å². The molecule has 2 heteroatoms. The van der Waals surface area contributed by atoms with Crippen molar-refractivity contribution in [1.29, 1.82) is 0 Å². The average molecular weight is 155 g/mol. The van der Waals surface area contributed by atoms with E-state index in [4.69, 9.17) is 10.5 Å². The Morgan fingerprint density at radius 3 is 2.64 bits per heavy atom. The van der Waals surface area contributed by atoms with Crippen LogP contribution in [0.2, 0.25) is 0 Å². The van der Waals surface area contributed by atoms with Crippen LogP contribution in [0, 0.1) is 11.8 Å². The molecule has 2 rings (SSSR count). The molecule has 1 saturated carbocycles. The molecule has 3 unspecified atom stereocenters. The summed E-state index contributed by atoms with van der Waals surface area (Å²) >= 11 is 0. The van der Waals surface area contributed by atoms with Gasteiger partial charge in [0.2, 0.25) is 0 Å². The Morgan fingerprint density at radius 1 is 1.27 bits per heavy atom. The molecule has 1 heterocycles. The molecule has 2 aliphatic rings. The first kappa shape index (κ1) is 7.56. The Morgan fingerprint density at radius 2 is 2.18 bits per heavy atom. The molecule has 2 N–H and O–H groups in total. The summed E-state index contributed by atoms with van der Waals surface area (Å²) in [6.07, 6.45) is 5.19. The Kier molecular flexibility index (Phi) is 2.14. The van der Waals surface area contributed by atoms with E-state index in [-0.39, 0.29) is 0 Å². The second-order valence-corrected chi connectivity index (χ2v) is 3.97. The Labute approximate surface area is 68.1 Å². The maximum Gasteiger partial charge on any atom is 0.0495 e. The van der Waals surface area contributed by atoms with Gasteiger partial charge in [0.05, 0.1) is 0 Å². The van der Waals surface area contributed by atoms with E-state index in [1.54, 1.807) is 0 Å². The highest BCUT2D eigenvalue weighted by molar-refractivity contribution is 4.85. The molecule has 0 aromatic carbocycles. The Bertz CT molecular complexity index is 132. The highest BCUT2D eigenvalue weighted by atomic mass is 16.5. The molecular weight excluding hydrogens is 138 g/mol. The van der Waals surface area contributed by atoms with Crippen molar-refractivity contribution < 1.29 is 4.74 Å². The van der Waals surface area contributed by atoms with Gasteiger partial charge in [-0.1, -0.05) is 0 Å². The van der Waals surface area contributed by atoms with Gasteiger partial charge in [-0.3, -0.25) is 0 Å². The minimum Gasteiger partial charge on any atom is -0.381 e. The standard InChI is InChI=1S/C9H17NO/c10-9-2-1-8(9)5-7-3-4-11-6-7/h7-9H,1-6,10H2. The smallest absolute Gasteiger partial charge is 0.0495 e. The second kappa shape index (κ2) is 3.11. The topological polar surface area (TPSA) is 35.2 Å². The quantitative estimate of drug-likeness (QED) is 0.649. The summed E-state index contributed by atoms with van der Waals surface area (Å²) < 4.78 is 5.32. The van der Waals surface area contributed by atoms with E-state index in [1.165, 1.54) is 25.7 Å². The Hall–Kier alpha value is -0.0800. The van der Waals surface area contributed by atoms with Crippen molar-refractivity contribution in [2.45, 2.75) is 31.7 Å². The van der Waals surface area contributed by atoms with Crippen LogP contribution in [0.25, 0.3) is 0 Å². The predicted molar refractivity (Wildman–Crippen MR) is 44.2 cm³/mol. The van der Waals surface area contributed by atoms with Gasteiger partial charge in [0.1, 0.15) is 0 Å². The molecule has 64 valence electrons. The van der Waals surface area contributed by atoms with Gasteiger partial charge in [0, 0.05) is 19.3 Å². The Balaban J connectivity index is 1.72. The molecule has 0 amide bonds. The molecule has 1 aliphatic carbocycles. The second-order valence-electron chi connectivity index (χ2n) is 3.97. The molecule has 0 aromatic heterocycles. The molecule has 11 heavy (non-hydrogen) atoms. The molecule has 0 spiro atoms. The van der Waals surface area contributed by atoms with E-state index in [1.807, 2.05) is 0 Å². The highest BCUT2D eigenvalue weighted by Crippen LogP contribution is 2.33. The van der Waals surface area contributed by atoms with Crippen molar-refractivity contribution in [1.82, 2.24) is 0 Å². The van der Waals surface area contributed by atoms with Crippen molar-refractivity contribution in [2.75, 3.05) is 13.2 Å². The van der Waals surface area contributed by atoms with Crippen molar-refractivity contribution >= 4 is 0 Å². The molecule has 2 fully saturated rings. The van der Waals surface area contributed by atoms with Crippen LogP contribution in [0.1, 0.15) is 25.7 Å². The van der Waals surface area contributed by atoms with Gasteiger partial charge in [0.25, 0.3) is 0 Å². The number of rotatable bonds is 2. The average Bonchev–Trinajstić information content (AvgIpc) is 2.49. The van der Waals surface area contributed by atoms with E-state index >= 15 is 0 Å². The fourth-order valence-corrected chi connectivity index (χ4v) is 2.08.